The summed E-state index contributed by atoms with van der Waals surface area (Å²) in [5.41, 5.74) is 1.52. The van der Waals surface area contributed by atoms with E-state index in [1.54, 1.807) is 24.1 Å². The van der Waals surface area contributed by atoms with E-state index >= 15 is 0 Å². The number of rotatable bonds is 6. The minimum Gasteiger partial charge on any atom is -0.314 e. The van der Waals surface area contributed by atoms with E-state index in [9.17, 15) is 9.18 Å². The fourth-order valence-corrected chi connectivity index (χ4v) is 2.03. The number of para-hydroxylation sites is 1. The van der Waals surface area contributed by atoms with Crippen LogP contribution >= 0.6 is 0 Å². The molecule has 0 saturated carbocycles. The molecule has 0 saturated heterocycles. The molecule has 0 spiro atoms. The molecule has 110 valence electrons. The highest BCUT2D eigenvalue weighted by molar-refractivity contribution is 5.94. The van der Waals surface area contributed by atoms with Gasteiger partial charge in [0.1, 0.15) is 5.82 Å². The molecule has 2 aromatic rings. The Kier molecular flexibility index (Phi) is 5.46. The van der Waals surface area contributed by atoms with E-state index in [0.29, 0.717) is 18.5 Å². The lowest BCUT2D eigenvalue weighted by Gasteiger charge is -2.17. The maximum atomic E-state index is 13.4. The molecule has 0 unspecified atom stereocenters. The predicted molar refractivity (Wildman–Crippen MR) is 82.8 cm³/mol. The first-order valence-corrected chi connectivity index (χ1v) is 6.94. The molecule has 0 aliphatic heterocycles. The van der Waals surface area contributed by atoms with Crippen molar-refractivity contribution in [2.24, 2.45) is 0 Å². The van der Waals surface area contributed by atoms with Crippen LogP contribution in [0.15, 0.2) is 54.6 Å². The number of benzene rings is 2. The zero-order chi connectivity index (χ0) is 15.1. The summed E-state index contributed by atoms with van der Waals surface area (Å²) in [4.78, 5) is 13.6. The topological polar surface area (TPSA) is 32.3 Å². The summed E-state index contributed by atoms with van der Waals surface area (Å²) in [5.74, 6) is -0.221. The van der Waals surface area contributed by atoms with Crippen molar-refractivity contribution in [3.8, 4) is 0 Å². The van der Waals surface area contributed by atoms with Crippen LogP contribution in [0.2, 0.25) is 0 Å². The summed E-state index contributed by atoms with van der Waals surface area (Å²) in [7, 11) is 1.75. The molecule has 0 atom stereocenters. The quantitative estimate of drug-likeness (QED) is 0.828. The van der Waals surface area contributed by atoms with Crippen LogP contribution in [0.5, 0.6) is 0 Å². The third-order valence-corrected chi connectivity index (χ3v) is 3.32. The van der Waals surface area contributed by atoms with Crippen LogP contribution in [0.1, 0.15) is 5.56 Å². The molecule has 0 aromatic heterocycles. The number of halogens is 1. The molecule has 0 fully saturated rings. The summed E-state index contributed by atoms with van der Waals surface area (Å²) in [6.45, 7) is 0.801. The van der Waals surface area contributed by atoms with E-state index < -0.39 is 0 Å². The lowest BCUT2D eigenvalue weighted by molar-refractivity contribution is -0.117. The van der Waals surface area contributed by atoms with Crippen molar-refractivity contribution in [1.82, 2.24) is 5.32 Å². The molecule has 0 aliphatic rings. The van der Waals surface area contributed by atoms with Gasteiger partial charge in [0.05, 0.1) is 6.54 Å². The molecule has 0 radical (unpaired) electrons. The van der Waals surface area contributed by atoms with Crippen molar-refractivity contribution in [3.05, 3.63) is 66.0 Å². The Bertz CT molecular complexity index is 586. The number of likely N-dealkylation sites (N-methyl/N-ethyl adjacent to an activating group) is 1. The molecule has 0 heterocycles. The molecule has 4 heteroatoms. The molecule has 0 bridgehead atoms. The largest absolute Gasteiger partial charge is 0.314 e. The van der Waals surface area contributed by atoms with Gasteiger partial charge in [-0.25, -0.2) is 4.39 Å². The third-order valence-electron chi connectivity index (χ3n) is 3.32. The van der Waals surface area contributed by atoms with Crippen LogP contribution in [0.25, 0.3) is 0 Å². The number of carbonyl (C=O) groups excluding carboxylic acids is 1. The zero-order valence-corrected chi connectivity index (χ0v) is 12.1. The Morgan fingerprint density at radius 3 is 2.48 bits per heavy atom. The second-order valence-electron chi connectivity index (χ2n) is 4.81. The average molecular weight is 286 g/mol. The molecular formula is C17H19FN2O. The fourth-order valence-electron chi connectivity index (χ4n) is 2.03. The standard InChI is InChI=1S/C17H19FN2O/c1-20(15-8-3-2-4-9-15)17(21)13-19-12-11-14-7-5-6-10-16(14)18/h2-10,19H,11-13H2,1H3. The van der Waals surface area contributed by atoms with Gasteiger partial charge >= 0.3 is 0 Å². The van der Waals surface area contributed by atoms with Crippen molar-refractivity contribution in [2.75, 3.05) is 25.0 Å². The Balaban J connectivity index is 1.76. The minimum atomic E-state index is -0.202. The first-order valence-electron chi connectivity index (χ1n) is 6.94. The van der Waals surface area contributed by atoms with Gasteiger partial charge in [0.15, 0.2) is 0 Å². The van der Waals surface area contributed by atoms with Gasteiger partial charge in [0, 0.05) is 12.7 Å². The average Bonchev–Trinajstić information content (AvgIpc) is 2.53. The monoisotopic (exact) mass is 286 g/mol. The highest BCUT2D eigenvalue weighted by atomic mass is 19.1. The molecule has 21 heavy (non-hydrogen) atoms. The molecule has 2 rings (SSSR count). The highest BCUT2D eigenvalue weighted by Crippen LogP contribution is 2.10. The lowest BCUT2D eigenvalue weighted by Crippen LogP contribution is -2.36. The number of anilines is 1. The Morgan fingerprint density at radius 2 is 1.76 bits per heavy atom. The van der Waals surface area contributed by atoms with Crippen molar-refractivity contribution < 1.29 is 9.18 Å². The van der Waals surface area contributed by atoms with E-state index in [-0.39, 0.29) is 18.3 Å². The minimum absolute atomic E-state index is 0.0188. The second-order valence-corrected chi connectivity index (χ2v) is 4.81. The van der Waals surface area contributed by atoms with Crippen LogP contribution < -0.4 is 10.2 Å². The second kappa shape index (κ2) is 7.55. The van der Waals surface area contributed by atoms with E-state index in [0.717, 1.165) is 5.69 Å². The van der Waals surface area contributed by atoms with Crippen molar-refractivity contribution >= 4 is 11.6 Å². The van der Waals surface area contributed by atoms with Gasteiger partial charge in [-0.2, -0.15) is 0 Å². The first-order chi connectivity index (χ1) is 10.2. The Hall–Kier alpha value is -2.20. The first kappa shape index (κ1) is 15.2. The Labute approximate surface area is 124 Å². The Morgan fingerprint density at radius 1 is 1.10 bits per heavy atom. The van der Waals surface area contributed by atoms with Gasteiger partial charge in [-0.05, 0) is 36.7 Å². The molecule has 3 nitrogen and oxygen atoms in total. The molecular weight excluding hydrogens is 267 g/mol. The number of nitrogens with one attached hydrogen (secondary N) is 1. The number of carbonyl (C=O) groups is 1. The summed E-state index contributed by atoms with van der Waals surface area (Å²) >= 11 is 0. The lowest BCUT2D eigenvalue weighted by atomic mass is 10.1. The summed E-state index contributed by atoms with van der Waals surface area (Å²) in [6.07, 6.45) is 0.564. The SMILES string of the molecule is CN(C(=O)CNCCc1ccccc1F)c1ccccc1. The highest BCUT2D eigenvalue weighted by Gasteiger charge is 2.09. The maximum absolute atomic E-state index is 13.4. The van der Waals surface area contributed by atoms with Crippen molar-refractivity contribution in [2.45, 2.75) is 6.42 Å². The van der Waals surface area contributed by atoms with Gasteiger partial charge in [0.2, 0.25) is 5.91 Å². The fraction of sp³-hybridized carbons (Fsp3) is 0.235. The van der Waals surface area contributed by atoms with Crippen molar-refractivity contribution in [1.29, 1.82) is 0 Å². The number of nitrogens with zero attached hydrogens (tertiary/aromatic N) is 1. The molecule has 1 N–H and O–H groups in total. The summed E-state index contributed by atoms with van der Waals surface area (Å²) < 4.78 is 13.4. The predicted octanol–water partition coefficient (Wildman–Crippen LogP) is 2.62. The summed E-state index contributed by atoms with van der Waals surface area (Å²) in [6, 6.07) is 16.2. The van der Waals surface area contributed by atoms with E-state index in [1.807, 2.05) is 36.4 Å². The molecule has 2 aromatic carbocycles. The number of hydrogen-bond donors (Lipinski definition) is 1. The van der Waals surface area contributed by atoms with Crippen LogP contribution in [0.3, 0.4) is 0 Å². The normalized spacial score (nSPS) is 10.4. The van der Waals surface area contributed by atoms with Gasteiger partial charge in [-0.1, -0.05) is 36.4 Å². The van der Waals surface area contributed by atoms with Crippen LogP contribution in [-0.4, -0.2) is 26.0 Å². The number of hydrogen-bond acceptors (Lipinski definition) is 2. The van der Waals surface area contributed by atoms with Gasteiger partial charge < -0.3 is 10.2 Å². The maximum Gasteiger partial charge on any atom is 0.240 e. The van der Waals surface area contributed by atoms with Crippen LogP contribution in [-0.2, 0) is 11.2 Å². The van der Waals surface area contributed by atoms with Crippen LogP contribution in [0, 0.1) is 5.82 Å². The van der Waals surface area contributed by atoms with Crippen LogP contribution in [0.4, 0.5) is 10.1 Å². The van der Waals surface area contributed by atoms with E-state index in [2.05, 4.69) is 5.32 Å². The van der Waals surface area contributed by atoms with E-state index in [1.165, 1.54) is 6.07 Å². The van der Waals surface area contributed by atoms with E-state index in [4.69, 9.17) is 0 Å². The van der Waals surface area contributed by atoms with Crippen molar-refractivity contribution in [3.63, 3.8) is 0 Å². The molecule has 0 aliphatic carbocycles. The van der Waals surface area contributed by atoms with Gasteiger partial charge in [-0.3, -0.25) is 4.79 Å². The molecule has 1 amide bonds. The smallest absolute Gasteiger partial charge is 0.240 e. The third kappa shape index (κ3) is 4.39. The zero-order valence-electron chi connectivity index (χ0n) is 12.1. The van der Waals surface area contributed by atoms with Gasteiger partial charge in [-0.15, -0.1) is 0 Å². The summed E-state index contributed by atoms with van der Waals surface area (Å²) in [5, 5.41) is 3.05. The van der Waals surface area contributed by atoms with Gasteiger partial charge in [0.25, 0.3) is 0 Å². The number of amides is 1.